The van der Waals surface area contributed by atoms with E-state index in [4.69, 9.17) is 4.74 Å². The second kappa shape index (κ2) is 10.6. The molecule has 2 aromatic carbocycles. The Kier molecular flexibility index (Phi) is 7.65. The molecule has 164 valence electrons. The zero-order valence-electron chi connectivity index (χ0n) is 18.4. The van der Waals surface area contributed by atoms with Crippen molar-refractivity contribution in [1.82, 2.24) is 15.5 Å². The molecule has 0 spiro atoms. The minimum absolute atomic E-state index is 0.197. The van der Waals surface area contributed by atoms with Crippen LogP contribution < -0.4 is 15.4 Å². The summed E-state index contributed by atoms with van der Waals surface area (Å²) in [5.41, 5.74) is 3.36. The molecule has 0 aliphatic carbocycles. The number of hydrogen-bond donors (Lipinski definition) is 2. The summed E-state index contributed by atoms with van der Waals surface area (Å²) in [5, 5.41) is 6.59. The topological polar surface area (TPSA) is 83.0 Å². The Hall–Kier alpha value is -3.35. The zero-order valence-corrected chi connectivity index (χ0v) is 18.4. The molecule has 0 atom stereocenters. The highest BCUT2D eigenvalue weighted by atomic mass is 16.5. The Labute approximate surface area is 183 Å². The Balaban J connectivity index is 1.37. The lowest BCUT2D eigenvalue weighted by atomic mass is 10.1. The van der Waals surface area contributed by atoms with Gasteiger partial charge in [0.2, 0.25) is 0 Å². The molecule has 0 aromatic heterocycles. The molecule has 2 N–H and O–H groups in total. The number of carbonyl (C=O) groups is 2. The van der Waals surface area contributed by atoms with Gasteiger partial charge in [-0.3, -0.25) is 19.5 Å². The zero-order chi connectivity index (χ0) is 22.2. The van der Waals surface area contributed by atoms with E-state index < -0.39 is 0 Å². The normalized spacial score (nSPS) is 13.4. The Bertz CT molecular complexity index is 936. The Morgan fingerprint density at radius 1 is 1.00 bits per heavy atom. The monoisotopic (exact) mass is 422 g/mol. The van der Waals surface area contributed by atoms with E-state index in [9.17, 15) is 9.59 Å². The number of fused-ring (bicyclic) bond motifs is 1. The second-order valence-corrected chi connectivity index (χ2v) is 7.51. The van der Waals surface area contributed by atoms with Crippen LogP contribution >= 0.6 is 0 Å². The van der Waals surface area contributed by atoms with Gasteiger partial charge in [-0.15, -0.1) is 0 Å². The van der Waals surface area contributed by atoms with Gasteiger partial charge in [0.15, 0.2) is 5.96 Å². The number of carbonyl (C=O) groups excluding carboxylic acids is 2. The highest BCUT2D eigenvalue weighted by Crippen LogP contribution is 2.22. The van der Waals surface area contributed by atoms with Crippen molar-refractivity contribution in [2.45, 2.75) is 26.2 Å². The van der Waals surface area contributed by atoms with Crippen molar-refractivity contribution < 1.29 is 14.3 Å². The number of nitrogens with one attached hydrogen (secondary N) is 2. The van der Waals surface area contributed by atoms with E-state index in [0.717, 1.165) is 43.1 Å². The van der Waals surface area contributed by atoms with Crippen LogP contribution in [-0.4, -0.2) is 56.5 Å². The predicted octanol–water partition coefficient (Wildman–Crippen LogP) is 2.79. The third-order valence-electron chi connectivity index (χ3n) is 5.33. The van der Waals surface area contributed by atoms with Gasteiger partial charge < -0.3 is 15.4 Å². The van der Waals surface area contributed by atoms with Crippen molar-refractivity contribution in [1.29, 1.82) is 0 Å². The van der Waals surface area contributed by atoms with E-state index in [1.807, 2.05) is 12.1 Å². The van der Waals surface area contributed by atoms with E-state index in [2.05, 4.69) is 28.6 Å². The van der Waals surface area contributed by atoms with Gasteiger partial charge >= 0.3 is 0 Å². The molecule has 0 bridgehead atoms. The van der Waals surface area contributed by atoms with Crippen LogP contribution in [0.1, 0.15) is 44.7 Å². The average Bonchev–Trinajstić information content (AvgIpc) is 3.02. The maximum absolute atomic E-state index is 12.4. The summed E-state index contributed by atoms with van der Waals surface area (Å²) in [6.45, 7) is 3.93. The number of rotatable bonds is 9. The van der Waals surface area contributed by atoms with Gasteiger partial charge in [-0.2, -0.15) is 0 Å². The molecule has 7 nitrogen and oxygen atoms in total. The van der Waals surface area contributed by atoms with E-state index in [1.165, 1.54) is 10.5 Å². The average molecular weight is 423 g/mol. The van der Waals surface area contributed by atoms with E-state index in [0.29, 0.717) is 24.2 Å². The number of guanidine groups is 1. The van der Waals surface area contributed by atoms with Crippen LogP contribution in [0.15, 0.2) is 47.5 Å². The molecule has 2 amide bonds. The number of unbranched alkanes of at least 4 members (excludes halogenated alkanes) is 1. The fourth-order valence-corrected chi connectivity index (χ4v) is 3.68. The van der Waals surface area contributed by atoms with Crippen LogP contribution in [0, 0.1) is 6.92 Å². The molecule has 2 aromatic rings. The molecule has 1 aliphatic heterocycles. The molecule has 0 saturated carbocycles. The van der Waals surface area contributed by atoms with E-state index in [-0.39, 0.29) is 11.8 Å². The van der Waals surface area contributed by atoms with Gasteiger partial charge in [-0.25, -0.2) is 0 Å². The van der Waals surface area contributed by atoms with Crippen molar-refractivity contribution >= 4 is 17.8 Å². The summed E-state index contributed by atoms with van der Waals surface area (Å²) in [7, 11) is 3.42. The van der Waals surface area contributed by atoms with Crippen LogP contribution in [-0.2, 0) is 6.42 Å². The Morgan fingerprint density at radius 2 is 1.68 bits per heavy atom. The Morgan fingerprint density at radius 3 is 2.32 bits per heavy atom. The quantitative estimate of drug-likeness (QED) is 0.281. The number of methoxy groups -OCH3 is 1. The first-order valence-electron chi connectivity index (χ1n) is 10.6. The molecule has 0 radical (unpaired) electrons. The molecular formula is C24H30N4O3. The van der Waals surface area contributed by atoms with Crippen LogP contribution in [0.25, 0.3) is 0 Å². The van der Waals surface area contributed by atoms with Crippen molar-refractivity contribution in [3.63, 3.8) is 0 Å². The first kappa shape index (κ1) is 22.3. The van der Waals surface area contributed by atoms with Gasteiger partial charge in [0.05, 0.1) is 18.2 Å². The molecule has 0 saturated heterocycles. The number of nitrogens with zero attached hydrogens (tertiary/aromatic N) is 2. The number of ether oxygens (including phenoxy) is 1. The predicted molar refractivity (Wildman–Crippen MR) is 122 cm³/mol. The van der Waals surface area contributed by atoms with Crippen LogP contribution in [0.5, 0.6) is 5.75 Å². The molecular weight excluding hydrogens is 392 g/mol. The van der Waals surface area contributed by atoms with Gasteiger partial charge in [0.1, 0.15) is 5.75 Å². The van der Waals surface area contributed by atoms with Gasteiger partial charge in [0.25, 0.3) is 11.8 Å². The summed E-state index contributed by atoms with van der Waals surface area (Å²) >= 11 is 0. The standard InChI is InChI=1S/C24H30N4O3/c1-17-10-11-21(31-3)18(16-17)12-14-27-24(25-2)26-13-6-7-15-28-22(29)19-8-4-5-9-20(19)23(28)30/h4-5,8-11,16H,6-7,12-15H2,1-3H3,(H2,25,26,27). The number of benzene rings is 2. The van der Waals surface area contributed by atoms with Crippen LogP contribution in [0.2, 0.25) is 0 Å². The first-order valence-corrected chi connectivity index (χ1v) is 10.6. The van der Waals surface area contributed by atoms with Crippen LogP contribution in [0.4, 0.5) is 0 Å². The first-order chi connectivity index (χ1) is 15.0. The molecule has 1 aliphatic rings. The minimum atomic E-state index is -0.197. The van der Waals surface area contributed by atoms with Crippen molar-refractivity contribution in [3.8, 4) is 5.75 Å². The van der Waals surface area contributed by atoms with E-state index in [1.54, 1.807) is 38.4 Å². The fourth-order valence-electron chi connectivity index (χ4n) is 3.68. The van der Waals surface area contributed by atoms with Gasteiger partial charge in [-0.1, -0.05) is 29.8 Å². The third-order valence-corrected chi connectivity index (χ3v) is 5.33. The van der Waals surface area contributed by atoms with E-state index >= 15 is 0 Å². The molecule has 1 heterocycles. The number of hydrogen-bond acceptors (Lipinski definition) is 4. The summed E-state index contributed by atoms with van der Waals surface area (Å²) in [6, 6.07) is 13.1. The minimum Gasteiger partial charge on any atom is -0.496 e. The summed E-state index contributed by atoms with van der Waals surface area (Å²) in [5.74, 6) is 1.23. The lowest BCUT2D eigenvalue weighted by Crippen LogP contribution is -2.39. The largest absolute Gasteiger partial charge is 0.496 e. The lowest BCUT2D eigenvalue weighted by molar-refractivity contribution is 0.0652. The van der Waals surface area contributed by atoms with Gasteiger partial charge in [-0.05, 0) is 49.9 Å². The van der Waals surface area contributed by atoms with Crippen LogP contribution in [0.3, 0.4) is 0 Å². The van der Waals surface area contributed by atoms with Crippen molar-refractivity contribution in [2.75, 3.05) is 33.8 Å². The second-order valence-electron chi connectivity index (χ2n) is 7.51. The maximum atomic E-state index is 12.4. The van der Waals surface area contributed by atoms with Crippen molar-refractivity contribution in [3.05, 3.63) is 64.7 Å². The number of amides is 2. The fraction of sp³-hybridized carbons (Fsp3) is 0.375. The maximum Gasteiger partial charge on any atom is 0.261 e. The number of imide groups is 1. The highest BCUT2D eigenvalue weighted by molar-refractivity contribution is 6.21. The molecule has 31 heavy (non-hydrogen) atoms. The molecule has 7 heteroatoms. The highest BCUT2D eigenvalue weighted by Gasteiger charge is 2.34. The molecule has 0 unspecified atom stereocenters. The van der Waals surface area contributed by atoms with Gasteiger partial charge in [0, 0.05) is 26.7 Å². The smallest absolute Gasteiger partial charge is 0.261 e. The summed E-state index contributed by atoms with van der Waals surface area (Å²) in [6.07, 6.45) is 2.38. The number of aliphatic imine (C=N–C) groups is 1. The lowest BCUT2D eigenvalue weighted by Gasteiger charge is -2.15. The molecule has 3 rings (SSSR count). The van der Waals surface area contributed by atoms with Crippen molar-refractivity contribution in [2.24, 2.45) is 4.99 Å². The summed E-state index contributed by atoms with van der Waals surface area (Å²) in [4.78, 5) is 30.3. The summed E-state index contributed by atoms with van der Waals surface area (Å²) < 4.78 is 5.43. The SMILES string of the molecule is CN=C(NCCCCN1C(=O)c2ccccc2C1=O)NCCc1cc(C)ccc1OC. The number of aryl methyl sites for hydroxylation is 1. The third kappa shape index (κ3) is 5.42. The molecule has 0 fully saturated rings.